The average Bonchev–Trinajstić information content (AvgIpc) is 1.91. The molecule has 1 aliphatic carbocycles. The molecule has 0 amide bonds. The summed E-state index contributed by atoms with van der Waals surface area (Å²) in [6.45, 7) is 4.22. The molecule has 0 atom stereocenters. The largest absolute Gasteiger partial charge is 0.270 e. The van der Waals surface area contributed by atoms with E-state index in [1.807, 2.05) is 0 Å². The van der Waals surface area contributed by atoms with Gasteiger partial charge in [-0.05, 0) is 0 Å². The van der Waals surface area contributed by atoms with Gasteiger partial charge in [-0.15, -0.1) is 25.8 Å². The van der Waals surface area contributed by atoms with E-state index in [1.165, 1.54) is 11.1 Å². The first-order valence-electron chi connectivity index (χ1n) is 2.55. The van der Waals surface area contributed by atoms with E-state index in [4.69, 9.17) is 0 Å². The summed E-state index contributed by atoms with van der Waals surface area (Å²) < 4.78 is 0. The van der Waals surface area contributed by atoms with Gasteiger partial charge in [-0.25, -0.2) is 11.1 Å². The summed E-state index contributed by atoms with van der Waals surface area (Å²) >= 11 is 0. The first kappa shape index (κ1) is 12.2. The molecule has 0 aliphatic heterocycles. The summed E-state index contributed by atoms with van der Waals surface area (Å²) in [4.78, 5) is 0. The van der Waals surface area contributed by atoms with E-state index in [-0.39, 0.29) is 34.1 Å². The first-order chi connectivity index (χ1) is 3.30. The molecule has 0 heterocycles. The predicted octanol–water partition coefficient (Wildman–Crippen LogP) is 2.51. The van der Waals surface area contributed by atoms with Crippen molar-refractivity contribution >= 4 is 12.4 Å². The molecule has 0 nitrogen and oxygen atoms in total. The third-order valence-electron chi connectivity index (χ3n) is 1.37. The Hall–Kier alpha value is 0.484. The Balaban J connectivity index is 0. The van der Waals surface area contributed by atoms with Gasteiger partial charge in [-0.2, -0.15) is 6.08 Å². The molecular formula is C7H10ClTi-. The van der Waals surface area contributed by atoms with Crippen LogP contribution in [0.15, 0.2) is 17.2 Å². The van der Waals surface area contributed by atoms with Gasteiger partial charge in [-0.3, -0.25) is 6.08 Å². The van der Waals surface area contributed by atoms with Gasteiger partial charge >= 0.3 is 0 Å². The normalized spacial score (nSPS) is 14.9. The van der Waals surface area contributed by atoms with Gasteiger partial charge in [0.2, 0.25) is 0 Å². The van der Waals surface area contributed by atoms with Crippen LogP contribution in [0.4, 0.5) is 0 Å². The molecule has 0 N–H and O–H groups in total. The molecule has 0 saturated heterocycles. The van der Waals surface area contributed by atoms with Crippen LogP contribution in [0.5, 0.6) is 0 Å². The predicted molar refractivity (Wildman–Crippen MR) is 38.1 cm³/mol. The van der Waals surface area contributed by atoms with E-state index in [2.05, 4.69) is 26.0 Å². The Morgan fingerprint density at radius 3 is 2.11 bits per heavy atom. The quantitative estimate of drug-likeness (QED) is 0.394. The van der Waals surface area contributed by atoms with Gasteiger partial charge in [0.15, 0.2) is 0 Å². The van der Waals surface area contributed by atoms with Crippen LogP contribution in [0.25, 0.3) is 0 Å². The van der Waals surface area contributed by atoms with E-state index >= 15 is 0 Å². The Labute approximate surface area is 77.7 Å². The maximum absolute atomic E-state index is 3.19. The van der Waals surface area contributed by atoms with Crippen molar-refractivity contribution in [3.05, 3.63) is 23.3 Å². The molecule has 0 bridgehead atoms. The fourth-order valence-electron chi connectivity index (χ4n) is 0.650. The third kappa shape index (κ3) is 3.25. The van der Waals surface area contributed by atoms with E-state index in [1.54, 1.807) is 0 Å². The molecule has 0 aromatic rings. The zero-order chi connectivity index (χ0) is 5.28. The van der Waals surface area contributed by atoms with E-state index < -0.39 is 0 Å². The maximum Gasteiger partial charge on any atom is 0 e. The van der Waals surface area contributed by atoms with Crippen LogP contribution in [0.3, 0.4) is 0 Å². The summed E-state index contributed by atoms with van der Waals surface area (Å²) in [6, 6.07) is 0. The summed E-state index contributed by atoms with van der Waals surface area (Å²) in [7, 11) is 0. The summed E-state index contributed by atoms with van der Waals surface area (Å²) in [6.07, 6.45) is 6.41. The summed E-state index contributed by atoms with van der Waals surface area (Å²) in [5, 5.41) is 0. The zero-order valence-corrected chi connectivity index (χ0v) is 8.07. The molecule has 1 rings (SSSR count). The zero-order valence-electron chi connectivity index (χ0n) is 5.69. The topological polar surface area (TPSA) is 0 Å². The third-order valence-corrected chi connectivity index (χ3v) is 1.37. The standard InChI is InChI=1S/C7H9.ClH.Ti/c1-6-4-3-5-7(6)2;;/h4H,3H2,1-2H3;1H;/q-1;;. The van der Waals surface area contributed by atoms with E-state index in [0.717, 1.165) is 6.42 Å². The van der Waals surface area contributed by atoms with Crippen LogP contribution in [0.2, 0.25) is 0 Å². The molecule has 50 valence electrons. The summed E-state index contributed by atoms with van der Waals surface area (Å²) in [5.41, 5.74) is 2.71. The van der Waals surface area contributed by atoms with Crippen molar-refractivity contribution in [2.75, 3.05) is 0 Å². The second-order valence-electron chi connectivity index (χ2n) is 1.89. The molecule has 0 unspecified atom stereocenters. The van der Waals surface area contributed by atoms with Gasteiger partial charge in [0.1, 0.15) is 0 Å². The van der Waals surface area contributed by atoms with Gasteiger partial charge in [0, 0.05) is 21.7 Å². The van der Waals surface area contributed by atoms with Gasteiger partial charge in [0.25, 0.3) is 0 Å². The van der Waals surface area contributed by atoms with Crippen LogP contribution < -0.4 is 0 Å². The average molecular weight is 177 g/mol. The van der Waals surface area contributed by atoms with E-state index in [0.29, 0.717) is 0 Å². The first-order valence-corrected chi connectivity index (χ1v) is 2.55. The number of rotatable bonds is 0. The molecule has 0 fully saturated rings. The minimum atomic E-state index is 0. The molecule has 0 spiro atoms. The molecule has 0 saturated carbocycles. The molecule has 1 aliphatic rings. The van der Waals surface area contributed by atoms with Gasteiger partial charge in [0.05, 0.1) is 0 Å². The Morgan fingerprint density at radius 1 is 1.44 bits per heavy atom. The smallest absolute Gasteiger partial charge is 0 e. The summed E-state index contributed by atoms with van der Waals surface area (Å²) in [5.74, 6) is 0. The molecule has 0 aromatic heterocycles. The van der Waals surface area contributed by atoms with Gasteiger partial charge < -0.3 is 0 Å². The minimum Gasteiger partial charge on any atom is -0.270 e. The molecule has 9 heavy (non-hydrogen) atoms. The Bertz CT molecular complexity index is 120. The van der Waals surface area contributed by atoms with Crippen molar-refractivity contribution in [1.82, 2.24) is 0 Å². The Kier molecular flexibility index (Phi) is 7.15. The minimum absolute atomic E-state index is 0. The Morgan fingerprint density at radius 2 is 2.00 bits per heavy atom. The van der Waals surface area contributed by atoms with Crippen LogP contribution in [0.1, 0.15) is 20.3 Å². The maximum atomic E-state index is 3.19. The second-order valence-corrected chi connectivity index (χ2v) is 1.89. The molecule has 0 aromatic carbocycles. The monoisotopic (exact) mass is 177 g/mol. The number of hydrogen-bond donors (Lipinski definition) is 0. The van der Waals surface area contributed by atoms with Crippen molar-refractivity contribution < 1.29 is 21.7 Å². The van der Waals surface area contributed by atoms with Crippen LogP contribution in [0, 0.1) is 6.08 Å². The van der Waals surface area contributed by atoms with Crippen LogP contribution in [-0.2, 0) is 21.7 Å². The van der Waals surface area contributed by atoms with Crippen molar-refractivity contribution in [1.29, 1.82) is 0 Å². The molecule has 2 heteroatoms. The van der Waals surface area contributed by atoms with Crippen molar-refractivity contribution in [2.45, 2.75) is 20.3 Å². The number of allylic oxidation sites excluding steroid dienone is 4. The fourth-order valence-corrected chi connectivity index (χ4v) is 0.650. The van der Waals surface area contributed by atoms with E-state index in [9.17, 15) is 0 Å². The van der Waals surface area contributed by atoms with Crippen LogP contribution in [-0.4, -0.2) is 0 Å². The van der Waals surface area contributed by atoms with Crippen LogP contribution >= 0.6 is 12.4 Å². The number of hydrogen-bond acceptors (Lipinski definition) is 0. The second kappa shape index (κ2) is 5.28. The SMILES string of the molecule is CC1=[C-]CC=C1C.Cl.[Ti]. The van der Waals surface area contributed by atoms with Gasteiger partial charge in [-0.1, -0.05) is 6.92 Å². The molecular weight excluding hydrogens is 167 g/mol. The van der Waals surface area contributed by atoms with Crippen molar-refractivity contribution in [3.8, 4) is 0 Å². The van der Waals surface area contributed by atoms with Crippen molar-refractivity contribution in [3.63, 3.8) is 0 Å². The fraction of sp³-hybridized carbons (Fsp3) is 0.429. The molecule has 0 radical (unpaired) electrons. The number of halogens is 1. The van der Waals surface area contributed by atoms with Crippen molar-refractivity contribution in [2.24, 2.45) is 0 Å².